The Morgan fingerprint density at radius 2 is 1.56 bits per heavy atom. The number of nitrogens with zero attached hydrogens (tertiary/aromatic N) is 1. The van der Waals surface area contributed by atoms with Crippen molar-refractivity contribution in [2.24, 2.45) is 0 Å². The molecule has 4 aromatic carbocycles. The van der Waals surface area contributed by atoms with Crippen molar-refractivity contribution in [3.8, 4) is 0 Å². The minimum absolute atomic E-state index is 0.0953. The molecular weight excluding hydrogens is 492 g/mol. The average molecular weight is 523 g/mol. The number of amides is 2. The summed E-state index contributed by atoms with van der Waals surface area (Å²) in [5.74, 6) is -0.984. The van der Waals surface area contributed by atoms with Gasteiger partial charge in [0.05, 0.1) is 13.7 Å². The molecule has 1 aliphatic heterocycles. The highest BCUT2D eigenvalue weighted by Crippen LogP contribution is 2.25. The molecule has 0 saturated heterocycles. The van der Waals surface area contributed by atoms with Gasteiger partial charge in [-0.05, 0) is 33.0 Å². The number of methoxy groups -OCH3 is 1. The van der Waals surface area contributed by atoms with E-state index >= 15 is 0 Å². The molecule has 4 aromatic rings. The van der Waals surface area contributed by atoms with Crippen LogP contribution in [-0.4, -0.2) is 42.1 Å². The third-order valence-corrected chi connectivity index (χ3v) is 7.10. The molecule has 2 atom stereocenters. The fraction of sp³-hybridized carbons (Fsp3) is 0.219. The van der Waals surface area contributed by atoms with Gasteiger partial charge in [-0.3, -0.25) is 9.69 Å². The molecule has 7 nitrogen and oxygen atoms in total. The average Bonchev–Trinajstić information content (AvgIpc) is 2.99. The maximum atomic E-state index is 13.7. The van der Waals surface area contributed by atoms with Crippen molar-refractivity contribution in [3.05, 3.63) is 119 Å². The van der Waals surface area contributed by atoms with E-state index in [9.17, 15) is 14.4 Å². The molecule has 0 saturated carbocycles. The number of hydrogen-bond acceptors (Lipinski definition) is 5. The number of carbonyl (C=O) groups is 3. The van der Waals surface area contributed by atoms with Gasteiger partial charge >= 0.3 is 12.1 Å². The first-order valence-corrected chi connectivity index (χ1v) is 12.9. The SMILES string of the molecule is COC(=O)[C@@H](Cc1cccc2ccccc12)NC(=O)[C@@H]1Cc2ccccc2CN1C(=O)OCc1ccccc1. The van der Waals surface area contributed by atoms with Gasteiger partial charge in [0, 0.05) is 12.8 Å². The van der Waals surface area contributed by atoms with Crippen molar-refractivity contribution in [1.29, 1.82) is 0 Å². The van der Waals surface area contributed by atoms with Crippen LogP contribution >= 0.6 is 0 Å². The van der Waals surface area contributed by atoms with E-state index in [-0.39, 0.29) is 19.6 Å². The Hall–Kier alpha value is -4.65. The van der Waals surface area contributed by atoms with Crippen LogP contribution in [0.1, 0.15) is 22.3 Å². The lowest BCUT2D eigenvalue weighted by Crippen LogP contribution is -2.56. The smallest absolute Gasteiger partial charge is 0.411 e. The number of hydrogen-bond donors (Lipinski definition) is 1. The first-order valence-electron chi connectivity index (χ1n) is 12.9. The number of nitrogens with one attached hydrogen (secondary N) is 1. The molecule has 7 heteroatoms. The second kappa shape index (κ2) is 11.8. The number of rotatable bonds is 7. The van der Waals surface area contributed by atoms with Crippen molar-refractivity contribution < 1.29 is 23.9 Å². The summed E-state index contributed by atoms with van der Waals surface area (Å²) in [5, 5.41) is 4.92. The highest BCUT2D eigenvalue weighted by molar-refractivity contribution is 5.91. The van der Waals surface area contributed by atoms with Gasteiger partial charge < -0.3 is 14.8 Å². The first-order chi connectivity index (χ1) is 19.0. The van der Waals surface area contributed by atoms with Gasteiger partial charge in [-0.15, -0.1) is 0 Å². The lowest BCUT2D eigenvalue weighted by Gasteiger charge is -2.35. The van der Waals surface area contributed by atoms with Gasteiger partial charge in [-0.25, -0.2) is 9.59 Å². The predicted octanol–water partition coefficient (Wildman–Crippen LogP) is 4.80. The van der Waals surface area contributed by atoms with Crippen LogP contribution < -0.4 is 5.32 Å². The minimum atomic E-state index is -0.923. The molecular formula is C32H30N2O5. The molecule has 198 valence electrons. The second-order valence-corrected chi connectivity index (χ2v) is 9.58. The van der Waals surface area contributed by atoms with E-state index in [0.29, 0.717) is 6.42 Å². The Morgan fingerprint density at radius 3 is 2.36 bits per heavy atom. The van der Waals surface area contributed by atoms with Crippen LogP contribution in [0.15, 0.2) is 97.1 Å². The molecule has 0 aromatic heterocycles. The highest BCUT2D eigenvalue weighted by Gasteiger charge is 2.37. The predicted molar refractivity (Wildman–Crippen MR) is 148 cm³/mol. The van der Waals surface area contributed by atoms with E-state index in [4.69, 9.17) is 9.47 Å². The van der Waals surface area contributed by atoms with E-state index in [0.717, 1.165) is 33.0 Å². The van der Waals surface area contributed by atoms with Crippen molar-refractivity contribution in [1.82, 2.24) is 10.2 Å². The summed E-state index contributed by atoms with van der Waals surface area (Å²) in [4.78, 5) is 41.2. The number of fused-ring (bicyclic) bond motifs is 2. The highest BCUT2D eigenvalue weighted by atomic mass is 16.6. The monoisotopic (exact) mass is 522 g/mol. The Labute approximate surface area is 227 Å². The minimum Gasteiger partial charge on any atom is -0.467 e. The van der Waals surface area contributed by atoms with Gasteiger partial charge in [-0.2, -0.15) is 0 Å². The van der Waals surface area contributed by atoms with Crippen LogP contribution in [-0.2, 0) is 45.1 Å². The normalized spacial score (nSPS) is 15.2. The third kappa shape index (κ3) is 5.93. The molecule has 5 rings (SSSR count). The van der Waals surface area contributed by atoms with E-state index < -0.39 is 30.1 Å². The van der Waals surface area contributed by atoms with Gasteiger partial charge in [0.15, 0.2) is 0 Å². The van der Waals surface area contributed by atoms with Gasteiger partial charge in [0.1, 0.15) is 18.7 Å². The largest absolute Gasteiger partial charge is 0.467 e. The van der Waals surface area contributed by atoms with E-state index in [1.807, 2.05) is 97.1 Å². The lowest BCUT2D eigenvalue weighted by atomic mass is 9.93. The quantitative estimate of drug-likeness (QED) is 0.353. The van der Waals surface area contributed by atoms with Gasteiger partial charge in [0.2, 0.25) is 5.91 Å². The summed E-state index contributed by atoms with van der Waals surface area (Å²) in [6.45, 7) is 0.326. The van der Waals surface area contributed by atoms with Crippen molar-refractivity contribution in [2.75, 3.05) is 7.11 Å². The van der Waals surface area contributed by atoms with Crippen LogP contribution in [0, 0.1) is 0 Å². The van der Waals surface area contributed by atoms with Gasteiger partial charge in [0.25, 0.3) is 0 Å². The second-order valence-electron chi connectivity index (χ2n) is 9.58. The molecule has 0 spiro atoms. The molecule has 0 fully saturated rings. The molecule has 2 amide bonds. The number of esters is 1. The van der Waals surface area contributed by atoms with Crippen LogP contribution in [0.5, 0.6) is 0 Å². The molecule has 39 heavy (non-hydrogen) atoms. The summed E-state index contributed by atoms with van der Waals surface area (Å²) >= 11 is 0. The third-order valence-electron chi connectivity index (χ3n) is 7.10. The molecule has 0 aliphatic carbocycles. The topological polar surface area (TPSA) is 84.9 Å². The molecule has 0 unspecified atom stereocenters. The van der Waals surface area contributed by atoms with Crippen LogP contribution in [0.25, 0.3) is 10.8 Å². The van der Waals surface area contributed by atoms with Crippen LogP contribution in [0.3, 0.4) is 0 Å². The zero-order valence-corrected chi connectivity index (χ0v) is 21.7. The maximum Gasteiger partial charge on any atom is 0.411 e. The Kier molecular flexibility index (Phi) is 7.87. The van der Waals surface area contributed by atoms with Crippen LogP contribution in [0.4, 0.5) is 4.79 Å². The number of carbonyl (C=O) groups excluding carboxylic acids is 3. The molecule has 0 bridgehead atoms. The van der Waals surface area contributed by atoms with Gasteiger partial charge in [-0.1, -0.05) is 97.1 Å². The standard InChI is InChI=1S/C32H30N2O5/c1-38-31(36)28(18-25-16-9-15-23-12-7-8-17-27(23)25)33-30(35)29-19-24-13-5-6-14-26(24)20-34(29)32(37)39-21-22-10-3-2-4-11-22/h2-17,28-29H,18-21H2,1H3,(H,33,35)/t28-,29+/m1/s1. The van der Waals surface area contributed by atoms with E-state index in [2.05, 4.69) is 5.32 Å². The lowest BCUT2D eigenvalue weighted by molar-refractivity contribution is -0.145. The van der Waals surface area contributed by atoms with Crippen LogP contribution in [0.2, 0.25) is 0 Å². The molecule has 1 N–H and O–H groups in total. The summed E-state index contributed by atoms with van der Waals surface area (Å²) < 4.78 is 10.6. The Bertz CT molecular complexity index is 1480. The van der Waals surface area contributed by atoms with Crippen molar-refractivity contribution >= 4 is 28.7 Å². The molecule has 1 aliphatic rings. The number of benzene rings is 4. The molecule has 1 heterocycles. The first kappa shape index (κ1) is 26.0. The summed E-state index contributed by atoms with van der Waals surface area (Å²) in [6, 6.07) is 29.1. The van der Waals surface area contributed by atoms with Crippen molar-refractivity contribution in [2.45, 2.75) is 38.1 Å². The summed E-state index contributed by atoms with van der Waals surface area (Å²) in [6.07, 6.45) is -0.0243. The Morgan fingerprint density at radius 1 is 0.872 bits per heavy atom. The van der Waals surface area contributed by atoms with E-state index in [1.54, 1.807) is 0 Å². The van der Waals surface area contributed by atoms with E-state index in [1.165, 1.54) is 12.0 Å². The summed E-state index contributed by atoms with van der Waals surface area (Å²) in [5.41, 5.74) is 3.70. The zero-order valence-electron chi connectivity index (χ0n) is 21.7. The Balaban J connectivity index is 1.37. The molecule has 0 radical (unpaired) electrons. The number of ether oxygens (including phenoxy) is 2. The zero-order chi connectivity index (χ0) is 27.2. The fourth-order valence-electron chi connectivity index (χ4n) is 5.05. The van der Waals surface area contributed by atoms with Crippen molar-refractivity contribution in [3.63, 3.8) is 0 Å². The summed E-state index contributed by atoms with van der Waals surface area (Å²) in [7, 11) is 1.30. The maximum absolute atomic E-state index is 13.7. The fourth-order valence-corrected chi connectivity index (χ4v) is 5.05.